The number of hydrogen-bond donors (Lipinski definition) is 1. The van der Waals surface area contributed by atoms with E-state index < -0.39 is 0 Å². The molecule has 0 aromatic heterocycles. The molecule has 0 radical (unpaired) electrons. The van der Waals surface area contributed by atoms with Gasteiger partial charge in [0.25, 0.3) is 0 Å². The maximum atomic E-state index is 11.6. The second-order valence-corrected chi connectivity index (χ2v) is 5.85. The van der Waals surface area contributed by atoms with Gasteiger partial charge in [-0.15, -0.1) is 0 Å². The maximum absolute atomic E-state index is 11.6. The molecule has 20 heavy (non-hydrogen) atoms. The van der Waals surface area contributed by atoms with E-state index in [2.05, 4.69) is 36.2 Å². The number of benzene rings is 1. The molecule has 1 aromatic rings. The molecular formula is C16H24N2O2. The smallest absolute Gasteiger partial charge is 0.226 e. The predicted molar refractivity (Wildman–Crippen MR) is 82.1 cm³/mol. The van der Waals surface area contributed by atoms with E-state index in [4.69, 9.17) is 4.74 Å². The first kappa shape index (κ1) is 14.9. The summed E-state index contributed by atoms with van der Waals surface area (Å²) in [7, 11) is 0. The standard InChI is InChI=1S/C16H24N2O2/c1-11(2)16(19)17-14-5-7-15(8-6-14)18-9-12(3)20-13(4)10-18/h5-8,11-13H,9-10H2,1-4H3,(H,17,19)/t12-,13+. The van der Waals surface area contributed by atoms with Crippen LogP contribution in [-0.2, 0) is 9.53 Å². The van der Waals surface area contributed by atoms with Crippen LogP contribution in [0.2, 0.25) is 0 Å². The number of nitrogens with one attached hydrogen (secondary N) is 1. The molecule has 1 heterocycles. The fourth-order valence-corrected chi connectivity index (χ4v) is 2.43. The maximum Gasteiger partial charge on any atom is 0.226 e. The Morgan fingerprint density at radius 1 is 1.20 bits per heavy atom. The van der Waals surface area contributed by atoms with Gasteiger partial charge in [0, 0.05) is 30.4 Å². The van der Waals surface area contributed by atoms with E-state index in [9.17, 15) is 4.79 Å². The summed E-state index contributed by atoms with van der Waals surface area (Å²) in [4.78, 5) is 14.0. The van der Waals surface area contributed by atoms with Crippen molar-refractivity contribution >= 4 is 17.3 Å². The van der Waals surface area contributed by atoms with E-state index in [-0.39, 0.29) is 24.0 Å². The van der Waals surface area contributed by atoms with Crippen LogP contribution in [0.4, 0.5) is 11.4 Å². The highest BCUT2D eigenvalue weighted by Gasteiger charge is 2.22. The summed E-state index contributed by atoms with van der Waals surface area (Å²) in [6, 6.07) is 8.03. The molecule has 1 saturated heterocycles. The van der Waals surface area contributed by atoms with E-state index in [1.807, 2.05) is 26.0 Å². The zero-order chi connectivity index (χ0) is 14.7. The molecular weight excluding hydrogens is 252 g/mol. The van der Waals surface area contributed by atoms with Gasteiger partial charge in [-0.25, -0.2) is 0 Å². The highest BCUT2D eigenvalue weighted by molar-refractivity contribution is 5.92. The van der Waals surface area contributed by atoms with Gasteiger partial charge in [-0.05, 0) is 38.1 Å². The molecule has 0 saturated carbocycles. The van der Waals surface area contributed by atoms with Crippen molar-refractivity contribution in [1.82, 2.24) is 0 Å². The van der Waals surface area contributed by atoms with Crippen LogP contribution >= 0.6 is 0 Å². The lowest BCUT2D eigenvalue weighted by Gasteiger charge is -2.36. The third kappa shape index (κ3) is 3.73. The van der Waals surface area contributed by atoms with Gasteiger partial charge in [0.05, 0.1) is 12.2 Å². The zero-order valence-corrected chi connectivity index (χ0v) is 12.7. The monoisotopic (exact) mass is 276 g/mol. The highest BCUT2D eigenvalue weighted by atomic mass is 16.5. The van der Waals surface area contributed by atoms with Gasteiger partial charge >= 0.3 is 0 Å². The van der Waals surface area contributed by atoms with Crippen molar-refractivity contribution in [3.05, 3.63) is 24.3 Å². The van der Waals surface area contributed by atoms with Crippen molar-refractivity contribution in [2.45, 2.75) is 39.9 Å². The molecule has 0 unspecified atom stereocenters. The number of hydrogen-bond acceptors (Lipinski definition) is 3. The summed E-state index contributed by atoms with van der Waals surface area (Å²) in [5.74, 6) is 0.0435. The Kier molecular flexibility index (Phi) is 4.65. The number of carbonyl (C=O) groups excluding carboxylic acids is 1. The number of rotatable bonds is 3. The SMILES string of the molecule is CC(C)C(=O)Nc1ccc(N2C[C@@H](C)O[C@@H](C)C2)cc1. The summed E-state index contributed by atoms with van der Waals surface area (Å²) >= 11 is 0. The van der Waals surface area contributed by atoms with Crippen LogP contribution in [0.1, 0.15) is 27.7 Å². The fraction of sp³-hybridized carbons (Fsp3) is 0.562. The Hall–Kier alpha value is -1.55. The molecule has 0 bridgehead atoms. The number of amides is 1. The van der Waals surface area contributed by atoms with Crippen LogP contribution in [0, 0.1) is 5.92 Å². The summed E-state index contributed by atoms with van der Waals surface area (Å²) in [6.45, 7) is 9.78. The van der Waals surface area contributed by atoms with Gasteiger partial charge in [0.2, 0.25) is 5.91 Å². The molecule has 2 atom stereocenters. The van der Waals surface area contributed by atoms with Gasteiger partial charge in [-0.1, -0.05) is 13.8 Å². The predicted octanol–water partition coefficient (Wildman–Crippen LogP) is 2.89. The Bertz CT molecular complexity index is 446. The Morgan fingerprint density at radius 2 is 1.75 bits per heavy atom. The van der Waals surface area contributed by atoms with Gasteiger partial charge < -0.3 is 15.0 Å². The molecule has 0 aliphatic carbocycles. The second kappa shape index (κ2) is 6.27. The van der Waals surface area contributed by atoms with E-state index in [0.717, 1.165) is 18.8 Å². The Labute approximate surface area is 121 Å². The first-order valence-electron chi connectivity index (χ1n) is 7.27. The van der Waals surface area contributed by atoms with Crippen LogP contribution in [-0.4, -0.2) is 31.2 Å². The largest absolute Gasteiger partial charge is 0.372 e. The number of morpholine rings is 1. The lowest BCUT2D eigenvalue weighted by Crippen LogP contribution is -2.45. The summed E-state index contributed by atoms with van der Waals surface area (Å²) < 4.78 is 5.74. The van der Waals surface area contributed by atoms with E-state index in [1.54, 1.807) is 0 Å². The first-order chi connectivity index (χ1) is 9.45. The minimum absolute atomic E-state index is 0.00406. The van der Waals surface area contributed by atoms with Gasteiger partial charge in [-0.3, -0.25) is 4.79 Å². The van der Waals surface area contributed by atoms with Crippen LogP contribution in [0.25, 0.3) is 0 Å². The quantitative estimate of drug-likeness (QED) is 0.923. The van der Waals surface area contributed by atoms with Gasteiger partial charge in [0.1, 0.15) is 0 Å². The minimum atomic E-state index is -0.00406. The third-order valence-electron chi connectivity index (χ3n) is 3.44. The molecule has 4 heteroatoms. The van der Waals surface area contributed by atoms with Gasteiger partial charge in [-0.2, -0.15) is 0 Å². The molecule has 110 valence electrons. The summed E-state index contributed by atoms with van der Waals surface area (Å²) in [5.41, 5.74) is 2.02. The summed E-state index contributed by atoms with van der Waals surface area (Å²) in [6.07, 6.45) is 0.498. The van der Waals surface area contributed by atoms with Crippen molar-refractivity contribution in [2.24, 2.45) is 5.92 Å². The van der Waals surface area contributed by atoms with Crippen molar-refractivity contribution in [1.29, 1.82) is 0 Å². The van der Waals surface area contributed by atoms with Crippen LogP contribution < -0.4 is 10.2 Å². The lowest BCUT2D eigenvalue weighted by atomic mass is 10.1. The average Bonchev–Trinajstić information content (AvgIpc) is 2.38. The lowest BCUT2D eigenvalue weighted by molar-refractivity contribution is -0.118. The zero-order valence-electron chi connectivity index (χ0n) is 12.7. The molecule has 1 aliphatic rings. The van der Waals surface area contributed by atoms with E-state index in [1.165, 1.54) is 5.69 Å². The van der Waals surface area contributed by atoms with E-state index >= 15 is 0 Å². The van der Waals surface area contributed by atoms with Crippen molar-refractivity contribution in [2.75, 3.05) is 23.3 Å². The molecule has 0 spiro atoms. The molecule has 1 fully saturated rings. The van der Waals surface area contributed by atoms with E-state index in [0.29, 0.717) is 0 Å². The van der Waals surface area contributed by atoms with Gasteiger partial charge in [0.15, 0.2) is 0 Å². The van der Waals surface area contributed by atoms with Crippen LogP contribution in [0.15, 0.2) is 24.3 Å². The van der Waals surface area contributed by atoms with Crippen molar-refractivity contribution in [3.8, 4) is 0 Å². The van der Waals surface area contributed by atoms with Crippen molar-refractivity contribution in [3.63, 3.8) is 0 Å². The number of nitrogens with zero attached hydrogens (tertiary/aromatic N) is 1. The first-order valence-corrected chi connectivity index (χ1v) is 7.27. The Morgan fingerprint density at radius 3 is 2.25 bits per heavy atom. The van der Waals surface area contributed by atoms with Crippen LogP contribution in [0.5, 0.6) is 0 Å². The third-order valence-corrected chi connectivity index (χ3v) is 3.44. The number of carbonyl (C=O) groups is 1. The number of anilines is 2. The number of ether oxygens (including phenoxy) is 1. The molecule has 1 aliphatic heterocycles. The average molecular weight is 276 g/mol. The minimum Gasteiger partial charge on any atom is -0.372 e. The summed E-state index contributed by atoms with van der Waals surface area (Å²) in [5, 5.41) is 2.91. The fourth-order valence-electron chi connectivity index (χ4n) is 2.43. The van der Waals surface area contributed by atoms with Crippen LogP contribution in [0.3, 0.4) is 0 Å². The highest BCUT2D eigenvalue weighted by Crippen LogP contribution is 2.22. The Balaban J connectivity index is 2.02. The molecule has 2 rings (SSSR count). The van der Waals surface area contributed by atoms with Crippen molar-refractivity contribution < 1.29 is 9.53 Å². The topological polar surface area (TPSA) is 41.6 Å². The second-order valence-electron chi connectivity index (χ2n) is 5.85. The normalized spacial score (nSPS) is 22.9. The molecule has 4 nitrogen and oxygen atoms in total. The molecule has 1 aromatic carbocycles. The molecule has 1 N–H and O–H groups in total. The molecule has 1 amide bonds.